The number of aromatic nitrogens is 1. The van der Waals surface area contributed by atoms with Crippen LogP contribution in [0.15, 0.2) is 66.9 Å². The Bertz CT molecular complexity index is 1260. The summed E-state index contributed by atoms with van der Waals surface area (Å²) >= 11 is 0. The van der Waals surface area contributed by atoms with Gasteiger partial charge in [0.25, 0.3) is 0 Å². The SMILES string of the molecule is COc1cccc(CN(Cc2cccc(N3CCCC3)c2)c2ccnc(CN3CC(=O)NCC3=O)c2)c1. The van der Waals surface area contributed by atoms with Crippen LogP contribution in [0.2, 0.25) is 0 Å². The van der Waals surface area contributed by atoms with Crippen molar-refractivity contribution in [1.82, 2.24) is 15.2 Å². The summed E-state index contributed by atoms with van der Waals surface area (Å²) in [5, 5.41) is 2.59. The van der Waals surface area contributed by atoms with Crippen LogP contribution in [-0.4, -0.2) is 55.0 Å². The fourth-order valence-corrected chi connectivity index (χ4v) is 4.97. The molecule has 3 aromatic rings. The van der Waals surface area contributed by atoms with E-state index in [1.54, 1.807) is 18.2 Å². The van der Waals surface area contributed by atoms with E-state index in [4.69, 9.17) is 4.74 Å². The number of hydrogen-bond donors (Lipinski definition) is 1. The van der Waals surface area contributed by atoms with Crippen LogP contribution in [0.4, 0.5) is 11.4 Å². The first kappa shape index (κ1) is 24.6. The number of anilines is 2. The maximum atomic E-state index is 12.3. The van der Waals surface area contributed by atoms with E-state index < -0.39 is 0 Å². The monoisotopic (exact) mass is 499 g/mol. The average Bonchev–Trinajstić information content (AvgIpc) is 3.46. The number of carbonyl (C=O) groups excluding carboxylic acids is 2. The van der Waals surface area contributed by atoms with Gasteiger partial charge < -0.3 is 24.8 Å². The second-order valence-corrected chi connectivity index (χ2v) is 9.60. The van der Waals surface area contributed by atoms with Gasteiger partial charge in [-0.05, 0) is 60.4 Å². The zero-order chi connectivity index (χ0) is 25.6. The van der Waals surface area contributed by atoms with Gasteiger partial charge in [0.05, 0.1) is 32.4 Å². The van der Waals surface area contributed by atoms with Gasteiger partial charge in [-0.25, -0.2) is 0 Å². The van der Waals surface area contributed by atoms with E-state index in [1.807, 2.05) is 24.3 Å². The molecule has 0 spiro atoms. The minimum absolute atomic E-state index is 0.0356. The molecule has 2 aromatic carbocycles. The molecule has 3 heterocycles. The third-order valence-electron chi connectivity index (χ3n) is 6.90. The molecule has 0 aliphatic carbocycles. The number of carbonyl (C=O) groups is 2. The van der Waals surface area contributed by atoms with Crippen molar-refractivity contribution in [2.24, 2.45) is 0 Å². The minimum Gasteiger partial charge on any atom is -0.497 e. The van der Waals surface area contributed by atoms with Crippen LogP contribution in [0, 0.1) is 0 Å². The number of ether oxygens (including phenoxy) is 1. The molecule has 8 heteroatoms. The summed E-state index contributed by atoms with van der Waals surface area (Å²) in [5.74, 6) is 0.581. The number of rotatable bonds is 9. The maximum Gasteiger partial charge on any atom is 0.242 e. The molecule has 1 N–H and O–H groups in total. The van der Waals surface area contributed by atoms with Gasteiger partial charge in [-0.1, -0.05) is 24.3 Å². The molecule has 0 atom stereocenters. The van der Waals surface area contributed by atoms with Gasteiger partial charge >= 0.3 is 0 Å². The predicted molar refractivity (Wildman–Crippen MR) is 143 cm³/mol. The molecule has 0 saturated carbocycles. The Morgan fingerprint density at radius 1 is 0.973 bits per heavy atom. The highest BCUT2D eigenvalue weighted by Crippen LogP contribution is 2.26. The standard InChI is InChI=1S/C29H33N5O3/c1-37-27-9-5-7-23(15-27)19-33(18-22-6-4-8-25(14-22)32-12-2-3-13-32)26-10-11-30-24(16-26)20-34-21-28(35)31-17-29(34)36/h4-11,14-16H,2-3,12-13,17-21H2,1H3,(H,31,35). The normalized spacial score (nSPS) is 15.6. The molecule has 2 aliphatic rings. The number of amides is 2. The van der Waals surface area contributed by atoms with Gasteiger partial charge in [-0.2, -0.15) is 0 Å². The number of nitrogens with one attached hydrogen (secondary N) is 1. The van der Waals surface area contributed by atoms with Crippen LogP contribution in [0.3, 0.4) is 0 Å². The van der Waals surface area contributed by atoms with Crippen molar-refractivity contribution in [2.45, 2.75) is 32.5 Å². The molecule has 0 bridgehead atoms. The molecule has 8 nitrogen and oxygen atoms in total. The Hall–Kier alpha value is -4.07. The van der Waals surface area contributed by atoms with Gasteiger partial charge in [-0.15, -0.1) is 0 Å². The van der Waals surface area contributed by atoms with Crippen molar-refractivity contribution in [3.63, 3.8) is 0 Å². The molecule has 2 aliphatic heterocycles. The highest BCUT2D eigenvalue weighted by Gasteiger charge is 2.23. The molecular formula is C29H33N5O3. The van der Waals surface area contributed by atoms with Crippen LogP contribution in [-0.2, 0) is 29.2 Å². The van der Waals surface area contributed by atoms with E-state index in [0.717, 1.165) is 35.8 Å². The van der Waals surface area contributed by atoms with Gasteiger partial charge in [0, 0.05) is 43.8 Å². The van der Waals surface area contributed by atoms with E-state index in [1.165, 1.54) is 24.1 Å². The number of methoxy groups -OCH3 is 1. The quantitative estimate of drug-likeness (QED) is 0.487. The number of nitrogens with zero attached hydrogens (tertiary/aromatic N) is 4. The Kier molecular flexibility index (Phi) is 7.54. The van der Waals surface area contributed by atoms with Crippen LogP contribution >= 0.6 is 0 Å². The number of benzene rings is 2. The van der Waals surface area contributed by atoms with E-state index in [-0.39, 0.29) is 24.9 Å². The van der Waals surface area contributed by atoms with Crippen molar-refractivity contribution in [1.29, 1.82) is 0 Å². The first-order chi connectivity index (χ1) is 18.1. The lowest BCUT2D eigenvalue weighted by Crippen LogP contribution is -2.51. The number of pyridine rings is 1. The topological polar surface area (TPSA) is 78.0 Å². The molecule has 2 saturated heterocycles. The molecule has 0 radical (unpaired) electrons. The largest absolute Gasteiger partial charge is 0.497 e. The molecule has 0 unspecified atom stereocenters. The smallest absolute Gasteiger partial charge is 0.242 e. The second kappa shape index (κ2) is 11.3. The Balaban J connectivity index is 1.41. The Morgan fingerprint density at radius 3 is 2.51 bits per heavy atom. The summed E-state index contributed by atoms with van der Waals surface area (Å²) in [7, 11) is 1.68. The van der Waals surface area contributed by atoms with E-state index in [0.29, 0.717) is 19.6 Å². The molecule has 192 valence electrons. The van der Waals surface area contributed by atoms with Gasteiger partial charge in [-0.3, -0.25) is 14.6 Å². The second-order valence-electron chi connectivity index (χ2n) is 9.60. The van der Waals surface area contributed by atoms with Gasteiger partial charge in [0.2, 0.25) is 11.8 Å². The fraction of sp³-hybridized carbons (Fsp3) is 0.345. The molecular weight excluding hydrogens is 466 g/mol. The van der Waals surface area contributed by atoms with Gasteiger partial charge in [0.1, 0.15) is 5.75 Å². The first-order valence-corrected chi connectivity index (χ1v) is 12.8. The summed E-state index contributed by atoms with van der Waals surface area (Å²) in [5.41, 5.74) is 5.40. The first-order valence-electron chi connectivity index (χ1n) is 12.8. The summed E-state index contributed by atoms with van der Waals surface area (Å²) in [4.78, 5) is 34.9. The lowest BCUT2D eigenvalue weighted by Gasteiger charge is -2.28. The molecule has 2 amide bonds. The van der Waals surface area contributed by atoms with E-state index >= 15 is 0 Å². The summed E-state index contributed by atoms with van der Waals surface area (Å²) in [6.45, 7) is 4.01. The molecule has 1 aromatic heterocycles. The highest BCUT2D eigenvalue weighted by molar-refractivity contribution is 5.92. The Morgan fingerprint density at radius 2 is 1.73 bits per heavy atom. The predicted octanol–water partition coefficient (Wildman–Crippen LogP) is 3.36. The highest BCUT2D eigenvalue weighted by atomic mass is 16.5. The van der Waals surface area contributed by atoms with Crippen molar-refractivity contribution >= 4 is 23.2 Å². The Labute approximate surface area is 217 Å². The molecule has 5 rings (SSSR count). The summed E-state index contributed by atoms with van der Waals surface area (Å²) < 4.78 is 5.45. The molecule has 2 fully saturated rings. The fourth-order valence-electron chi connectivity index (χ4n) is 4.97. The molecule has 37 heavy (non-hydrogen) atoms. The van der Waals surface area contributed by atoms with Crippen molar-refractivity contribution in [2.75, 3.05) is 43.1 Å². The van der Waals surface area contributed by atoms with Crippen LogP contribution in [0.25, 0.3) is 0 Å². The lowest BCUT2D eigenvalue weighted by atomic mass is 10.1. The van der Waals surface area contributed by atoms with Crippen LogP contribution in [0.1, 0.15) is 29.7 Å². The third-order valence-corrected chi connectivity index (χ3v) is 6.90. The van der Waals surface area contributed by atoms with Crippen LogP contribution in [0.5, 0.6) is 5.75 Å². The number of hydrogen-bond acceptors (Lipinski definition) is 6. The zero-order valence-corrected chi connectivity index (χ0v) is 21.2. The summed E-state index contributed by atoms with van der Waals surface area (Å²) in [6.07, 6.45) is 4.26. The third kappa shape index (κ3) is 6.20. The maximum absolute atomic E-state index is 12.3. The number of piperazine rings is 1. The summed E-state index contributed by atoms with van der Waals surface area (Å²) in [6, 6.07) is 20.9. The minimum atomic E-state index is -0.145. The zero-order valence-electron chi connectivity index (χ0n) is 21.2. The van der Waals surface area contributed by atoms with Crippen molar-refractivity contribution in [3.8, 4) is 5.75 Å². The van der Waals surface area contributed by atoms with E-state index in [9.17, 15) is 9.59 Å². The average molecular weight is 500 g/mol. The van der Waals surface area contributed by atoms with Crippen molar-refractivity contribution in [3.05, 3.63) is 83.7 Å². The van der Waals surface area contributed by atoms with Crippen molar-refractivity contribution < 1.29 is 14.3 Å². The van der Waals surface area contributed by atoms with E-state index in [2.05, 4.69) is 56.5 Å². The van der Waals surface area contributed by atoms with Crippen LogP contribution < -0.4 is 19.9 Å². The lowest BCUT2D eigenvalue weighted by molar-refractivity contribution is -0.141. The van der Waals surface area contributed by atoms with Gasteiger partial charge in [0.15, 0.2) is 0 Å².